The van der Waals surface area contributed by atoms with Gasteiger partial charge in [0.2, 0.25) is 0 Å². The average Bonchev–Trinajstić information content (AvgIpc) is 3.16. The third-order valence-corrected chi connectivity index (χ3v) is 4.28. The Morgan fingerprint density at radius 1 is 1.19 bits per heavy atom. The van der Waals surface area contributed by atoms with Crippen LogP contribution in [0.3, 0.4) is 0 Å². The fraction of sp³-hybridized carbons (Fsp3) is 0.278. The lowest BCUT2D eigenvalue weighted by Crippen LogP contribution is -2.32. The summed E-state index contributed by atoms with van der Waals surface area (Å²) in [6, 6.07) is 8.80. The summed E-state index contributed by atoms with van der Waals surface area (Å²) in [4.78, 5) is 14.0. The molecule has 1 aliphatic rings. The molecule has 0 amide bonds. The van der Waals surface area contributed by atoms with E-state index in [0.717, 1.165) is 0 Å². The first-order valence-corrected chi connectivity index (χ1v) is 8.91. The predicted octanol–water partition coefficient (Wildman–Crippen LogP) is 3.12. The molecule has 3 aromatic rings. The van der Waals surface area contributed by atoms with Crippen LogP contribution >= 0.6 is 0 Å². The monoisotopic (exact) mass is 437 g/mol. The second kappa shape index (κ2) is 8.18. The molecule has 13 heteroatoms. The molecule has 3 heterocycles. The lowest BCUT2D eigenvalue weighted by atomic mass is 10.1. The van der Waals surface area contributed by atoms with Crippen LogP contribution in [0.2, 0.25) is 0 Å². The van der Waals surface area contributed by atoms with Gasteiger partial charge in [0.1, 0.15) is 24.7 Å². The van der Waals surface area contributed by atoms with E-state index in [4.69, 9.17) is 9.47 Å². The van der Waals surface area contributed by atoms with Crippen molar-refractivity contribution in [2.24, 2.45) is 0 Å². The van der Waals surface area contributed by atoms with Gasteiger partial charge in [0.15, 0.2) is 0 Å². The number of hydrogen-bond donors (Lipinski definition) is 0. The van der Waals surface area contributed by atoms with E-state index in [-0.39, 0.29) is 36.9 Å². The molecular weight excluding hydrogens is 423 g/mol. The van der Waals surface area contributed by atoms with Crippen molar-refractivity contribution in [3.05, 3.63) is 58.4 Å². The van der Waals surface area contributed by atoms with Gasteiger partial charge in [-0.15, -0.1) is 13.2 Å². The zero-order valence-electron chi connectivity index (χ0n) is 15.7. The fourth-order valence-electron chi connectivity index (χ4n) is 2.88. The topological polar surface area (TPSA) is 114 Å². The summed E-state index contributed by atoms with van der Waals surface area (Å²) in [7, 11) is 0. The van der Waals surface area contributed by atoms with Gasteiger partial charge in [0.05, 0.1) is 24.5 Å². The average molecular weight is 437 g/mol. The minimum Gasteiger partial charge on any atom is -0.443 e. The van der Waals surface area contributed by atoms with Crippen molar-refractivity contribution in [2.45, 2.75) is 25.6 Å². The normalized spacial score (nSPS) is 15.8. The predicted molar refractivity (Wildman–Crippen MR) is 97.1 cm³/mol. The Bertz CT molecular complexity index is 1070. The van der Waals surface area contributed by atoms with E-state index >= 15 is 0 Å². The van der Waals surface area contributed by atoms with Crippen molar-refractivity contribution in [1.29, 1.82) is 0 Å². The first-order chi connectivity index (χ1) is 14.8. The van der Waals surface area contributed by atoms with Gasteiger partial charge < -0.3 is 24.3 Å². The smallest absolute Gasteiger partial charge is 0.443 e. The van der Waals surface area contributed by atoms with Crippen LogP contribution in [0, 0.1) is 10.1 Å². The van der Waals surface area contributed by atoms with Gasteiger partial charge in [-0.3, -0.25) is 4.57 Å². The van der Waals surface area contributed by atoms with Crippen molar-refractivity contribution in [3.8, 4) is 23.0 Å². The molecule has 0 fully saturated rings. The van der Waals surface area contributed by atoms with Gasteiger partial charge in [-0.25, -0.2) is 0 Å². The molecule has 0 saturated carbocycles. The maximum absolute atomic E-state index is 12.2. The standard InChI is InChI=1S/C18H14F3N5O5/c19-18(20,21)31-13-4-1-11(2-5-13)15-6-3-12(23-24-15)9-29-14-7-25-8-16(26(27)28)22-17(25)30-10-14/h1-6,8,14H,7,9-10H2/t14-/m0/s1. The number of hydrogen-bond acceptors (Lipinski definition) is 8. The molecular formula is C18H14F3N5O5. The summed E-state index contributed by atoms with van der Waals surface area (Å²) in [5.41, 5.74) is 1.58. The largest absolute Gasteiger partial charge is 0.573 e. The SMILES string of the molecule is O=[N+]([O-])c1cn2c(n1)OC[C@@H](OCc1ccc(-c3ccc(OC(F)(F)F)cc3)nn1)C2. The van der Waals surface area contributed by atoms with Crippen molar-refractivity contribution in [1.82, 2.24) is 19.7 Å². The van der Waals surface area contributed by atoms with E-state index in [1.165, 1.54) is 35.0 Å². The van der Waals surface area contributed by atoms with Gasteiger partial charge in [-0.1, -0.05) is 0 Å². The number of imidazole rings is 1. The molecule has 1 aliphatic heterocycles. The Morgan fingerprint density at radius 3 is 2.61 bits per heavy atom. The second-order valence-electron chi connectivity index (χ2n) is 6.52. The van der Waals surface area contributed by atoms with Crippen molar-refractivity contribution >= 4 is 5.82 Å². The number of nitro groups is 1. The molecule has 0 saturated heterocycles. The molecule has 162 valence electrons. The van der Waals surface area contributed by atoms with Crippen LogP contribution < -0.4 is 9.47 Å². The molecule has 31 heavy (non-hydrogen) atoms. The molecule has 0 radical (unpaired) electrons. The molecule has 1 aromatic carbocycles. The molecule has 0 aliphatic carbocycles. The molecule has 0 unspecified atom stereocenters. The summed E-state index contributed by atoms with van der Waals surface area (Å²) < 4.78 is 53.1. The van der Waals surface area contributed by atoms with Crippen LogP contribution in [0.4, 0.5) is 19.0 Å². The molecule has 2 aromatic heterocycles. The number of alkyl halides is 3. The first-order valence-electron chi connectivity index (χ1n) is 8.91. The summed E-state index contributed by atoms with van der Waals surface area (Å²) in [6.45, 7) is 0.659. The van der Waals surface area contributed by atoms with Gasteiger partial charge in [-0.2, -0.15) is 10.2 Å². The molecule has 0 N–H and O–H groups in total. The van der Waals surface area contributed by atoms with Crippen molar-refractivity contribution < 1.29 is 32.3 Å². The number of halogens is 3. The number of nitrogens with zero attached hydrogens (tertiary/aromatic N) is 5. The lowest BCUT2D eigenvalue weighted by Gasteiger charge is -2.22. The highest BCUT2D eigenvalue weighted by Gasteiger charge is 2.31. The van der Waals surface area contributed by atoms with Crippen LogP contribution in [-0.2, 0) is 17.9 Å². The van der Waals surface area contributed by atoms with Crippen LogP contribution in [0.25, 0.3) is 11.3 Å². The van der Waals surface area contributed by atoms with E-state index < -0.39 is 11.3 Å². The van der Waals surface area contributed by atoms with Crippen LogP contribution in [0.15, 0.2) is 42.6 Å². The fourth-order valence-corrected chi connectivity index (χ4v) is 2.88. The quantitative estimate of drug-likeness (QED) is 0.427. The number of ether oxygens (including phenoxy) is 3. The summed E-state index contributed by atoms with van der Waals surface area (Å²) in [5, 5.41) is 18.9. The third-order valence-electron chi connectivity index (χ3n) is 4.28. The van der Waals surface area contributed by atoms with Crippen LogP contribution in [-0.4, -0.2) is 43.7 Å². The highest BCUT2D eigenvalue weighted by molar-refractivity contribution is 5.59. The van der Waals surface area contributed by atoms with Crippen molar-refractivity contribution in [2.75, 3.05) is 6.61 Å². The number of benzene rings is 1. The number of rotatable bonds is 6. The molecule has 0 bridgehead atoms. The van der Waals surface area contributed by atoms with Crippen molar-refractivity contribution in [3.63, 3.8) is 0 Å². The maximum Gasteiger partial charge on any atom is 0.573 e. The van der Waals surface area contributed by atoms with E-state index in [9.17, 15) is 23.3 Å². The van der Waals surface area contributed by atoms with E-state index in [1.807, 2.05) is 0 Å². The minimum atomic E-state index is -4.75. The minimum absolute atomic E-state index is 0.131. The third kappa shape index (κ3) is 5.06. The Kier molecular flexibility index (Phi) is 5.42. The molecule has 0 spiro atoms. The maximum atomic E-state index is 12.2. The Balaban J connectivity index is 1.33. The van der Waals surface area contributed by atoms with Crippen LogP contribution in [0.5, 0.6) is 11.8 Å². The van der Waals surface area contributed by atoms with E-state index in [0.29, 0.717) is 23.5 Å². The highest BCUT2D eigenvalue weighted by atomic mass is 19.4. The van der Waals surface area contributed by atoms with E-state index in [2.05, 4.69) is 19.9 Å². The summed E-state index contributed by atoms with van der Waals surface area (Å²) in [6.07, 6.45) is -3.82. The summed E-state index contributed by atoms with van der Waals surface area (Å²) in [5.74, 6) is -0.620. The first kappa shape index (κ1) is 20.5. The molecule has 1 atom stereocenters. The van der Waals surface area contributed by atoms with Gasteiger partial charge in [-0.05, 0) is 41.3 Å². The second-order valence-corrected chi connectivity index (χ2v) is 6.52. The zero-order chi connectivity index (χ0) is 22.0. The van der Waals surface area contributed by atoms with E-state index in [1.54, 1.807) is 12.1 Å². The summed E-state index contributed by atoms with van der Waals surface area (Å²) >= 11 is 0. The lowest BCUT2D eigenvalue weighted by molar-refractivity contribution is -0.389. The number of fused-ring (bicyclic) bond motifs is 1. The Labute approximate surface area is 172 Å². The zero-order valence-corrected chi connectivity index (χ0v) is 15.7. The highest BCUT2D eigenvalue weighted by Crippen LogP contribution is 2.26. The number of aromatic nitrogens is 4. The van der Waals surface area contributed by atoms with Gasteiger partial charge in [0.25, 0.3) is 0 Å². The Hall–Kier alpha value is -3.74. The van der Waals surface area contributed by atoms with Gasteiger partial charge >= 0.3 is 18.2 Å². The van der Waals surface area contributed by atoms with Crippen LogP contribution in [0.1, 0.15) is 5.69 Å². The Morgan fingerprint density at radius 2 is 1.97 bits per heavy atom. The molecule has 10 nitrogen and oxygen atoms in total. The molecule has 4 rings (SSSR count). The van der Waals surface area contributed by atoms with Gasteiger partial charge in [0, 0.05) is 10.5 Å².